The number of benzene rings is 2. The van der Waals surface area contributed by atoms with Gasteiger partial charge in [0, 0.05) is 12.5 Å². The van der Waals surface area contributed by atoms with Crippen molar-refractivity contribution in [2.24, 2.45) is 0 Å². The van der Waals surface area contributed by atoms with Gasteiger partial charge >= 0.3 is 0 Å². The van der Waals surface area contributed by atoms with Gasteiger partial charge in [-0.25, -0.2) is 0 Å². The van der Waals surface area contributed by atoms with Crippen LogP contribution in [0.1, 0.15) is 44.1 Å². The summed E-state index contributed by atoms with van der Waals surface area (Å²) in [5.41, 5.74) is 3.60. The molecule has 0 aliphatic carbocycles. The molecule has 0 N–H and O–H groups in total. The predicted molar refractivity (Wildman–Crippen MR) is 132 cm³/mol. The second kappa shape index (κ2) is 10.9. The Hall–Kier alpha value is -3.75. The van der Waals surface area contributed by atoms with Gasteiger partial charge in [-0.15, -0.1) is 10.1 Å². The molecule has 9 nitrogen and oxygen atoms in total. The molecular formula is C27H31N2O7+. The summed E-state index contributed by atoms with van der Waals surface area (Å²) < 4.78 is 25.4. The standard InChI is InChI=1S/C27H31N2O7/c1-32-24-9-8-19-14-23-21-16-26-25(34-18-35-26)15-20(21)10-11-28(23)17-22(19)27(24)33-12-6-4-2-3-5-7-13-36-29(30)31/h8-9,14-17H,2-7,10-13,18H2,1H3/q+1. The van der Waals surface area contributed by atoms with Crippen LogP contribution in [-0.4, -0.2) is 32.2 Å². The lowest BCUT2D eigenvalue weighted by molar-refractivity contribution is -0.757. The minimum atomic E-state index is -0.734. The highest BCUT2D eigenvalue weighted by Crippen LogP contribution is 2.41. The molecule has 0 amide bonds. The largest absolute Gasteiger partial charge is 0.493 e. The van der Waals surface area contributed by atoms with Gasteiger partial charge in [-0.3, -0.25) is 0 Å². The van der Waals surface area contributed by atoms with E-state index in [0.717, 1.165) is 84.5 Å². The van der Waals surface area contributed by atoms with Gasteiger partial charge < -0.3 is 23.8 Å². The van der Waals surface area contributed by atoms with E-state index in [9.17, 15) is 10.1 Å². The van der Waals surface area contributed by atoms with Crippen LogP contribution in [-0.2, 0) is 17.8 Å². The number of aromatic nitrogens is 1. The number of unbranched alkanes of at least 4 members (excludes halogenated alkanes) is 5. The molecule has 2 aromatic carbocycles. The van der Waals surface area contributed by atoms with Crippen molar-refractivity contribution < 1.29 is 33.4 Å². The Morgan fingerprint density at radius 2 is 1.75 bits per heavy atom. The van der Waals surface area contributed by atoms with Crippen LogP contribution < -0.4 is 23.5 Å². The maximum absolute atomic E-state index is 10.2. The fourth-order valence-electron chi connectivity index (χ4n) is 4.93. The third kappa shape index (κ3) is 5.10. The first-order valence-electron chi connectivity index (χ1n) is 12.5. The molecule has 0 saturated heterocycles. The number of hydrogen-bond acceptors (Lipinski definition) is 7. The van der Waals surface area contributed by atoms with Gasteiger partial charge in [-0.2, -0.15) is 4.57 Å². The third-order valence-corrected chi connectivity index (χ3v) is 6.78. The summed E-state index contributed by atoms with van der Waals surface area (Å²) in [4.78, 5) is 14.5. The Balaban J connectivity index is 1.25. The second-order valence-corrected chi connectivity index (χ2v) is 9.09. The highest BCUT2D eigenvalue weighted by atomic mass is 16.9. The average Bonchev–Trinajstić information content (AvgIpc) is 3.34. The lowest BCUT2D eigenvalue weighted by Gasteiger charge is -2.18. The van der Waals surface area contributed by atoms with Gasteiger partial charge in [0.05, 0.1) is 31.3 Å². The summed E-state index contributed by atoms with van der Waals surface area (Å²) in [5.74, 6) is 3.13. The molecule has 0 saturated carbocycles. The SMILES string of the molecule is COc1ccc2cc3[n+](cc2c1OCCCCCCCCO[N+](=O)[O-])CCc1cc2c(cc1-3)OCO2. The number of nitrogens with zero attached hydrogens (tertiary/aromatic N) is 2. The van der Waals surface area contributed by atoms with Gasteiger partial charge in [-0.1, -0.05) is 25.7 Å². The molecule has 0 bridgehead atoms. The van der Waals surface area contributed by atoms with Crippen molar-refractivity contribution >= 4 is 10.8 Å². The van der Waals surface area contributed by atoms with Crippen molar-refractivity contribution in [3.63, 3.8) is 0 Å². The lowest BCUT2D eigenvalue weighted by Crippen LogP contribution is -2.40. The normalized spacial score (nSPS) is 13.2. The molecule has 0 unspecified atom stereocenters. The molecule has 3 aromatic rings. The van der Waals surface area contributed by atoms with E-state index < -0.39 is 5.09 Å². The van der Waals surface area contributed by atoms with Gasteiger partial charge in [0.25, 0.3) is 5.09 Å². The quantitative estimate of drug-likeness (QED) is 0.151. The van der Waals surface area contributed by atoms with Crippen LogP contribution in [0.25, 0.3) is 22.0 Å². The molecule has 9 heteroatoms. The summed E-state index contributed by atoms with van der Waals surface area (Å²) in [6.45, 7) is 1.93. The number of ether oxygens (including phenoxy) is 4. The van der Waals surface area contributed by atoms with E-state index in [-0.39, 0.29) is 13.4 Å². The molecule has 2 aliphatic rings. The molecule has 0 atom stereocenters. The second-order valence-electron chi connectivity index (χ2n) is 9.09. The summed E-state index contributed by atoms with van der Waals surface area (Å²) in [7, 11) is 1.67. The summed E-state index contributed by atoms with van der Waals surface area (Å²) in [6, 6.07) is 10.4. The third-order valence-electron chi connectivity index (χ3n) is 6.78. The van der Waals surface area contributed by atoms with E-state index >= 15 is 0 Å². The Bertz CT molecular complexity index is 1260. The molecule has 1 aromatic heterocycles. The van der Waals surface area contributed by atoms with Crippen LogP contribution in [0.3, 0.4) is 0 Å². The molecule has 36 heavy (non-hydrogen) atoms. The first kappa shape index (κ1) is 24.0. The average molecular weight is 496 g/mol. The highest BCUT2D eigenvalue weighted by Gasteiger charge is 2.28. The highest BCUT2D eigenvalue weighted by molar-refractivity contribution is 5.91. The summed E-state index contributed by atoms with van der Waals surface area (Å²) in [6.07, 6.45) is 8.80. The van der Waals surface area contributed by atoms with Gasteiger partial charge in [0.15, 0.2) is 35.7 Å². The minimum absolute atomic E-state index is 0.175. The van der Waals surface area contributed by atoms with E-state index in [2.05, 4.69) is 39.9 Å². The molecule has 2 aliphatic heterocycles. The Morgan fingerprint density at radius 3 is 2.53 bits per heavy atom. The van der Waals surface area contributed by atoms with E-state index in [1.165, 1.54) is 11.1 Å². The number of fused-ring (bicyclic) bond motifs is 5. The predicted octanol–water partition coefficient (Wildman–Crippen LogP) is 5.02. The molecule has 190 valence electrons. The first-order valence-corrected chi connectivity index (χ1v) is 12.5. The van der Waals surface area contributed by atoms with Crippen LogP contribution in [0, 0.1) is 10.1 Å². The molecule has 3 heterocycles. The molecular weight excluding hydrogens is 464 g/mol. The van der Waals surface area contributed by atoms with Crippen LogP contribution in [0.4, 0.5) is 0 Å². The van der Waals surface area contributed by atoms with Crippen LogP contribution >= 0.6 is 0 Å². The van der Waals surface area contributed by atoms with Crippen molar-refractivity contribution in [1.82, 2.24) is 0 Å². The topological polar surface area (TPSA) is 93.2 Å². The zero-order chi connectivity index (χ0) is 24.9. The van der Waals surface area contributed by atoms with Crippen LogP contribution in [0.2, 0.25) is 0 Å². The van der Waals surface area contributed by atoms with Crippen molar-refractivity contribution in [2.75, 3.05) is 27.1 Å². The Kier molecular flexibility index (Phi) is 7.25. The summed E-state index contributed by atoms with van der Waals surface area (Å²) >= 11 is 0. The fourth-order valence-corrected chi connectivity index (χ4v) is 4.93. The zero-order valence-electron chi connectivity index (χ0n) is 20.5. The molecule has 0 fully saturated rings. The number of pyridine rings is 1. The monoisotopic (exact) mass is 495 g/mol. The van der Waals surface area contributed by atoms with E-state index in [4.69, 9.17) is 18.9 Å². The maximum Gasteiger partial charge on any atom is 0.294 e. The minimum Gasteiger partial charge on any atom is -0.493 e. The summed E-state index contributed by atoms with van der Waals surface area (Å²) in [5, 5.41) is 11.6. The molecule has 0 radical (unpaired) electrons. The van der Waals surface area contributed by atoms with Gasteiger partial charge in [-0.05, 0) is 48.1 Å². The number of hydrogen-bond donors (Lipinski definition) is 0. The number of aryl methyl sites for hydroxylation is 2. The fraction of sp³-hybridized carbons (Fsp3) is 0.444. The first-order chi connectivity index (χ1) is 17.6. The van der Waals surface area contributed by atoms with Crippen molar-refractivity contribution in [1.29, 1.82) is 0 Å². The number of rotatable bonds is 12. The van der Waals surface area contributed by atoms with E-state index in [1.807, 2.05) is 6.07 Å². The maximum atomic E-state index is 10.2. The van der Waals surface area contributed by atoms with Gasteiger partial charge in [0.1, 0.15) is 0 Å². The Morgan fingerprint density at radius 1 is 1.00 bits per heavy atom. The van der Waals surface area contributed by atoms with Crippen LogP contribution in [0.5, 0.6) is 23.0 Å². The zero-order valence-corrected chi connectivity index (χ0v) is 20.5. The van der Waals surface area contributed by atoms with Crippen molar-refractivity contribution in [2.45, 2.75) is 51.5 Å². The molecule has 5 rings (SSSR count). The number of methoxy groups -OCH3 is 1. The van der Waals surface area contributed by atoms with E-state index in [1.54, 1.807) is 7.11 Å². The lowest BCUT2D eigenvalue weighted by atomic mass is 9.95. The van der Waals surface area contributed by atoms with Gasteiger partial charge in [0.2, 0.25) is 12.5 Å². The van der Waals surface area contributed by atoms with Crippen molar-refractivity contribution in [3.05, 3.63) is 52.2 Å². The van der Waals surface area contributed by atoms with Crippen LogP contribution in [0.15, 0.2) is 36.5 Å². The Labute approximate surface area is 209 Å². The molecule has 0 spiro atoms. The van der Waals surface area contributed by atoms with E-state index in [0.29, 0.717) is 13.0 Å². The van der Waals surface area contributed by atoms with Crippen molar-refractivity contribution in [3.8, 4) is 34.3 Å². The smallest absolute Gasteiger partial charge is 0.294 e.